The number of aryl methyl sites for hydroxylation is 2. The fraction of sp³-hybridized carbons (Fsp3) is 0.217. The zero-order chi connectivity index (χ0) is 20.0. The number of aromatic nitrogens is 2. The number of thiophene rings is 1. The molecule has 146 valence electrons. The lowest BCUT2D eigenvalue weighted by Crippen LogP contribution is -2.24. The van der Waals surface area contributed by atoms with Crippen molar-refractivity contribution in [2.24, 2.45) is 0 Å². The van der Waals surface area contributed by atoms with Gasteiger partial charge in [-0.05, 0) is 48.9 Å². The predicted octanol–water partition coefficient (Wildman–Crippen LogP) is 6.36. The average molecular weight is 441 g/mol. The monoisotopic (exact) mass is 440 g/mol. The summed E-state index contributed by atoms with van der Waals surface area (Å²) in [6.07, 6.45) is 4.32. The normalized spacial score (nSPS) is 13.6. The van der Waals surface area contributed by atoms with E-state index in [9.17, 15) is 4.79 Å². The van der Waals surface area contributed by atoms with Gasteiger partial charge in [0.2, 0.25) is 0 Å². The smallest absolute Gasteiger partial charge is 0.263 e. The summed E-state index contributed by atoms with van der Waals surface area (Å²) in [4.78, 5) is 20.8. The number of hydrogen-bond acceptors (Lipinski definition) is 3. The van der Waals surface area contributed by atoms with E-state index in [4.69, 9.17) is 28.2 Å². The summed E-state index contributed by atoms with van der Waals surface area (Å²) >= 11 is 14.0. The van der Waals surface area contributed by atoms with Gasteiger partial charge in [0, 0.05) is 10.4 Å². The molecule has 0 saturated carbocycles. The molecule has 0 spiro atoms. The van der Waals surface area contributed by atoms with Gasteiger partial charge in [0.15, 0.2) is 0 Å². The maximum absolute atomic E-state index is 13.7. The lowest BCUT2D eigenvalue weighted by Gasteiger charge is -2.14. The van der Waals surface area contributed by atoms with Gasteiger partial charge < -0.3 is 0 Å². The standard InChI is InChI=1S/C23H18Cl2N2OS/c24-17-11-10-14(12-18(17)25)13-27-21(15-6-2-1-3-7-15)26-22-20(23(27)28)16-8-4-5-9-19(16)29-22/h1-3,6-7,10-12H,4-5,8-9,13H2. The summed E-state index contributed by atoms with van der Waals surface area (Å²) < 4.78 is 1.78. The quantitative estimate of drug-likeness (QED) is 0.371. The Hall–Kier alpha value is -2.14. The first-order valence-corrected chi connectivity index (χ1v) is 11.2. The molecule has 0 fully saturated rings. The van der Waals surface area contributed by atoms with Crippen LogP contribution >= 0.6 is 34.5 Å². The van der Waals surface area contributed by atoms with Gasteiger partial charge >= 0.3 is 0 Å². The molecule has 0 atom stereocenters. The summed E-state index contributed by atoms with van der Waals surface area (Å²) in [6.45, 7) is 0.396. The van der Waals surface area contributed by atoms with Gasteiger partial charge in [-0.2, -0.15) is 0 Å². The van der Waals surface area contributed by atoms with Crippen LogP contribution < -0.4 is 5.56 Å². The van der Waals surface area contributed by atoms with Gasteiger partial charge in [0.1, 0.15) is 10.7 Å². The Morgan fingerprint density at radius 1 is 1.00 bits per heavy atom. The molecule has 5 rings (SSSR count). The van der Waals surface area contributed by atoms with Crippen molar-refractivity contribution in [3.05, 3.63) is 84.9 Å². The number of benzene rings is 2. The number of hydrogen-bond donors (Lipinski definition) is 0. The van der Waals surface area contributed by atoms with Crippen molar-refractivity contribution in [2.45, 2.75) is 32.2 Å². The molecule has 0 bridgehead atoms. The first-order chi connectivity index (χ1) is 14.1. The van der Waals surface area contributed by atoms with Crippen molar-refractivity contribution in [3.8, 4) is 11.4 Å². The molecule has 0 radical (unpaired) electrons. The molecular weight excluding hydrogens is 423 g/mol. The minimum atomic E-state index is 0.0272. The Balaban J connectivity index is 1.75. The molecule has 1 aliphatic rings. The van der Waals surface area contributed by atoms with Gasteiger partial charge in [-0.25, -0.2) is 4.98 Å². The number of fused-ring (bicyclic) bond motifs is 3. The molecule has 0 amide bonds. The Kier molecular flexibility index (Phi) is 4.94. The molecule has 2 heterocycles. The van der Waals surface area contributed by atoms with Gasteiger partial charge in [0.05, 0.1) is 22.0 Å². The second kappa shape index (κ2) is 7.60. The molecule has 0 saturated heterocycles. The first-order valence-electron chi connectivity index (χ1n) is 9.66. The van der Waals surface area contributed by atoms with Gasteiger partial charge in [0.25, 0.3) is 5.56 Å². The highest BCUT2D eigenvalue weighted by Gasteiger charge is 2.22. The predicted molar refractivity (Wildman–Crippen MR) is 122 cm³/mol. The topological polar surface area (TPSA) is 34.9 Å². The van der Waals surface area contributed by atoms with Crippen LogP contribution in [0, 0.1) is 0 Å². The summed E-state index contributed by atoms with van der Waals surface area (Å²) in [5.41, 5.74) is 3.08. The zero-order valence-electron chi connectivity index (χ0n) is 15.6. The molecule has 0 N–H and O–H groups in total. The molecular formula is C23H18Cl2N2OS. The van der Waals surface area contributed by atoms with E-state index in [2.05, 4.69) is 0 Å². The van der Waals surface area contributed by atoms with Gasteiger partial charge in [-0.1, -0.05) is 59.6 Å². The van der Waals surface area contributed by atoms with E-state index in [1.807, 2.05) is 42.5 Å². The van der Waals surface area contributed by atoms with Crippen LogP contribution in [-0.4, -0.2) is 9.55 Å². The lowest BCUT2D eigenvalue weighted by atomic mass is 9.97. The second-order valence-electron chi connectivity index (χ2n) is 7.33. The molecule has 29 heavy (non-hydrogen) atoms. The third-order valence-electron chi connectivity index (χ3n) is 5.43. The van der Waals surface area contributed by atoms with Crippen molar-refractivity contribution < 1.29 is 0 Å². The van der Waals surface area contributed by atoms with Crippen LogP contribution in [0.15, 0.2) is 53.3 Å². The summed E-state index contributed by atoms with van der Waals surface area (Å²) in [6, 6.07) is 15.4. The Morgan fingerprint density at radius 2 is 1.79 bits per heavy atom. The molecule has 1 aliphatic carbocycles. The van der Waals surface area contributed by atoms with Crippen LogP contribution in [0.3, 0.4) is 0 Å². The van der Waals surface area contributed by atoms with E-state index >= 15 is 0 Å². The van der Waals surface area contributed by atoms with Crippen LogP contribution in [0.2, 0.25) is 10.0 Å². The van der Waals surface area contributed by atoms with Crippen LogP contribution in [0.1, 0.15) is 28.8 Å². The minimum absolute atomic E-state index is 0.0272. The van der Waals surface area contributed by atoms with Crippen LogP contribution in [-0.2, 0) is 19.4 Å². The number of rotatable bonds is 3. The van der Waals surface area contributed by atoms with Crippen molar-refractivity contribution in [3.63, 3.8) is 0 Å². The van der Waals surface area contributed by atoms with E-state index in [0.717, 1.165) is 40.6 Å². The lowest BCUT2D eigenvalue weighted by molar-refractivity contribution is 0.698. The van der Waals surface area contributed by atoms with Crippen molar-refractivity contribution in [1.29, 1.82) is 0 Å². The van der Waals surface area contributed by atoms with Crippen LogP contribution in [0.4, 0.5) is 0 Å². The molecule has 2 aromatic carbocycles. The third-order valence-corrected chi connectivity index (χ3v) is 7.36. The molecule has 6 heteroatoms. The largest absolute Gasteiger partial charge is 0.288 e. The van der Waals surface area contributed by atoms with E-state index in [-0.39, 0.29) is 5.56 Å². The van der Waals surface area contributed by atoms with Crippen molar-refractivity contribution in [2.75, 3.05) is 0 Å². The fourth-order valence-corrected chi connectivity index (χ4v) is 5.59. The molecule has 0 unspecified atom stereocenters. The van der Waals surface area contributed by atoms with Gasteiger partial charge in [-0.15, -0.1) is 11.3 Å². The van der Waals surface area contributed by atoms with E-state index in [1.54, 1.807) is 22.0 Å². The summed E-state index contributed by atoms with van der Waals surface area (Å²) in [7, 11) is 0. The van der Waals surface area contributed by atoms with E-state index < -0.39 is 0 Å². The first kappa shape index (κ1) is 18.9. The number of halogens is 2. The SMILES string of the molecule is O=c1c2c3c(sc2nc(-c2ccccc2)n1Cc1ccc(Cl)c(Cl)c1)CCCC3. The Morgan fingerprint density at radius 3 is 2.59 bits per heavy atom. The minimum Gasteiger partial charge on any atom is -0.288 e. The summed E-state index contributed by atoms with van der Waals surface area (Å²) in [5.74, 6) is 0.688. The molecule has 4 aromatic rings. The van der Waals surface area contributed by atoms with Crippen molar-refractivity contribution in [1.82, 2.24) is 9.55 Å². The summed E-state index contributed by atoms with van der Waals surface area (Å²) in [5, 5.41) is 1.79. The van der Waals surface area contributed by atoms with Crippen molar-refractivity contribution >= 4 is 44.8 Å². The molecule has 2 aromatic heterocycles. The highest BCUT2D eigenvalue weighted by molar-refractivity contribution is 7.18. The van der Waals surface area contributed by atoms with Crippen LogP contribution in [0.5, 0.6) is 0 Å². The molecule has 0 aliphatic heterocycles. The maximum atomic E-state index is 13.7. The highest BCUT2D eigenvalue weighted by atomic mass is 35.5. The van der Waals surface area contributed by atoms with E-state index in [1.165, 1.54) is 16.9 Å². The zero-order valence-corrected chi connectivity index (χ0v) is 17.9. The van der Waals surface area contributed by atoms with Gasteiger partial charge in [-0.3, -0.25) is 9.36 Å². The Labute approximate surface area is 182 Å². The Bertz CT molecular complexity index is 1280. The third kappa shape index (κ3) is 3.39. The maximum Gasteiger partial charge on any atom is 0.263 e. The average Bonchev–Trinajstić information content (AvgIpc) is 3.12. The fourth-order valence-electron chi connectivity index (χ4n) is 4.01. The second-order valence-corrected chi connectivity index (χ2v) is 9.23. The highest BCUT2D eigenvalue weighted by Crippen LogP contribution is 2.35. The van der Waals surface area contributed by atoms with E-state index in [0.29, 0.717) is 22.4 Å². The number of nitrogens with zero attached hydrogens (tertiary/aromatic N) is 2. The van der Waals surface area contributed by atoms with Crippen LogP contribution in [0.25, 0.3) is 21.6 Å². The molecule has 3 nitrogen and oxygen atoms in total.